The monoisotopic (exact) mass is 295 g/mol. The van der Waals surface area contributed by atoms with E-state index in [4.69, 9.17) is 9.84 Å². The molecule has 0 aliphatic carbocycles. The summed E-state index contributed by atoms with van der Waals surface area (Å²) < 4.78 is 5.17. The lowest BCUT2D eigenvalue weighted by Crippen LogP contribution is -2.36. The molecule has 0 fully saturated rings. The summed E-state index contributed by atoms with van der Waals surface area (Å²) in [5, 5.41) is 27.4. The topological polar surface area (TPSA) is 107 Å². The van der Waals surface area contributed by atoms with Crippen molar-refractivity contribution in [1.82, 2.24) is 0 Å². The van der Waals surface area contributed by atoms with Gasteiger partial charge in [0.25, 0.3) is 0 Å². The first-order valence-electron chi connectivity index (χ1n) is 6.22. The minimum atomic E-state index is -1.84. The maximum Gasteiger partial charge on any atom is 0.488 e. The molecule has 0 heterocycles. The number of benzene rings is 1. The maximum absolute atomic E-state index is 12.0. The van der Waals surface area contributed by atoms with Crippen molar-refractivity contribution in [3.8, 4) is 0 Å². The molecule has 1 amide bonds. The summed E-state index contributed by atoms with van der Waals surface area (Å²) in [6.45, 7) is 5.11. The Morgan fingerprint density at radius 3 is 2.19 bits per heavy atom. The van der Waals surface area contributed by atoms with E-state index in [0.717, 1.165) is 11.0 Å². The smallest absolute Gasteiger partial charge is 0.478 e. The number of hydrogen-bond acceptors (Lipinski definition) is 5. The van der Waals surface area contributed by atoms with Crippen LogP contribution >= 0.6 is 0 Å². The highest BCUT2D eigenvalue weighted by Gasteiger charge is 2.23. The van der Waals surface area contributed by atoms with E-state index in [-0.39, 0.29) is 16.7 Å². The molecule has 0 atom stereocenters. The molecule has 0 spiro atoms. The SMILES string of the molecule is CN(C(=O)OC(C)(C)C)c1cc(B(O)O)cc(C(=O)O)c1. The van der Waals surface area contributed by atoms with Crippen LogP contribution in [0.5, 0.6) is 0 Å². The van der Waals surface area contributed by atoms with Gasteiger partial charge in [0, 0.05) is 12.7 Å². The number of nitrogens with zero attached hydrogens (tertiary/aromatic N) is 1. The van der Waals surface area contributed by atoms with E-state index in [2.05, 4.69) is 0 Å². The van der Waals surface area contributed by atoms with Gasteiger partial charge in [-0.3, -0.25) is 4.90 Å². The van der Waals surface area contributed by atoms with E-state index in [9.17, 15) is 19.6 Å². The molecule has 0 aromatic heterocycles. The number of carbonyl (C=O) groups is 2. The number of amides is 1. The van der Waals surface area contributed by atoms with E-state index < -0.39 is 24.8 Å². The van der Waals surface area contributed by atoms with Gasteiger partial charge in [0.1, 0.15) is 5.60 Å². The number of aromatic carboxylic acids is 1. The van der Waals surface area contributed by atoms with Crippen LogP contribution in [-0.4, -0.2) is 47.0 Å². The van der Waals surface area contributed by atoms with Crippen molar-refractivity contribution in [2.24, 2.45) is 0 Å². The Kier molecular flexibility index (Phi) is 4.98. The standard InChI is InChI=1S/C13H18BNO6/c1-13(2,3)21-12(18)15(4)10-6-8(11(16)17)5-9(7-10)14(19)20/h5-7,19-20H,1-4H3,(H,16,17). The predicted molar refractivity (Wildman–Crippen MR) is 77.9 cm³/mol. The molecule has 0 radical (unpaired) electrons. The van der Waals surface area contributed by atoms with Crippen molar-refractivity contribution in [2.75, 3.05) is 11.9 Å². The Bertz CT molecular complexity index is 552. The fourth-order valence-electron chi connectivity index (χ4n) is 1.54. The van der Waals surface area contributed by atoms with Crippen LogP contribution in [0.4, 0.5) is 10.5 Å². The lowest BCUT2D eigenvalue weighted by atomic mass is 9.79. The normalized spacial score (nSPS) is 11.0. The lowest BCUT2D eigenvalue weighted by molar-refractivity contribution is 0.0587. The average molecular weight is 295 g/mol. The molecular formula is C13H18BNO6. The summed E-state index contributed by atoms with van der Waals surface area (Å²) in [5.74, 6) is -1.24. The van der Waals surface area contributed by atoms with Crippen molar-refractivity contribution >= 4 is 30.3 Å². The summed E-state index contributed by atoms with van der Waals surface area (Å²) in [6.07, 6.45) is -0.677. The van der Waals surface area contributed by atoms with Crippen molar-refractivity contribution in [3.05, 3.63) is 23.8 Å². The molecule has 1 rings (SSSR count). The quantitative estimate of drug-likeness (QED) is 0.698. The highest BCUT2D eigenvalue weighted by atomic mass is 16.6. The minimum absolute atomic E-state index is 0.0275. The average Bonchev–Trinajstić information content (AvgIpc) is 2.35. The summed E-state index contributed by atoms with van der Waals surface area (Å²) in [5.41, 5.74) is -0.701. The molecule has 0 aliphatic heterocycles. The second-order valence-corrected chi connectivity index (χ2v) is 5.53. The number of carbonyl (C=O) groups excluding carboxylic acids is 1. The van der Waals surface area contributed by atoms with Crippen molar-refractivity contribution in [2.45, 2.75) is 26.4 Å². The van der Waals surface area contributed by atoms with Crippen LogP contribution in [0.25, 0.3) is 0 Å². The fraction of sp³-hybridized carbons (Fsp3) is 0.385. The molecular weight excluding hydrogens is 277 g/mol. The Morgan fingerprint density at radius 1 is 1.19 bits per heavy atom. The molecule has 114 valence electrons. The number of rotatable bonds is 3. The zero-order valence-electron chi connectivity index (χ0n) is 12.3. The van der Waals surface area contributed by atoms with E-state index in [1.165, 1.54) is 19.2 Å². The third kappa shape index (κ3) is 4.76. The zero-order valence-corrected chi connectivity index (χ0v) is 12.3. The van der Waals surface area contributed by atoms with Gasteiger partial charge in [-0.05, 0) is 44.4 Å². The molecule has 1 aromatic carbocycles. The molecule has 21 heavy (non-hydrogen) atoms. The van der Waals surface area contributed by atoms with E-state index in [1.54, 1.807) is 20.8 Å². The van der Waals surface area contributed by atoms with Crippen LogP contribution in [0.3, 0.4) is 0 Å². The zero-order chi connectivity index (χ0) is 16.4. The van der Waals surface area contributed by atoms with Gasteiger partial charge in [-0.25, -0.2) is 9.59 Å². The van der Waals surface area contributed by atoms with Crippen LogP contribution in [0.2, 0.25) is 0 Å². The first-order chi connectivity index (χ1) is 9.51. The number of carboxylic acids is 1. The molecule has 3 N–H and O–H groups in total. The van der Waals surface area contributed by atoms with Crippen molar-refractivity contribution in [1.29, 1.82) is 0 Å². The third-order valence-electron chi connectivity index (χ3n) is 2.54. The molecule has 0 saturated carbocycles. The van der Waals surface area contributed by atoms with Crippen LogP contribution in [0.1, 0.15) is 31.1 Å². The first-order valence-corrected chi connectivity index (χ1v) is 6.22. The number of ether oxygens (including phenoxy) is 1. The number of hydrogen-bond donors (Lipinski definition) is 3. The van der Waals surface area contributed by atoms with E-state index >= 15 is 0 Å². The second-order valence-electron chi connectivity index (χ2n) is 5.53. The van der Waals surface area contributed by atoms with Gasteiger partial charge in [0.15, 0.2) is 0 Å². The van der Waals surface area contributed by atoms with Gasteiger partial charge in [0.05, 0.1) is 5.56 Å². The van der Waals surface area contributed by atoms with Crippen LogP contribution in [-0.2, 0) is 4.74 Å². The Hall–Kier alpha value is -2.06. The maximum atomic E-state index is 12.0. The highest BCUT2D eigenvalue weighted by molar-refractivity contribution is 6.58. The molecule has 8 heteroatoms. The third-order valence-corrected chi connectivity index (χ3v) is 2.54. The van der Waals surface area contributed by atoms with Crippen LogP contribution in [0.15, 0.2) is 18.2 Å². The molecule has 0 unspecified atom stereocenters. The molecule has 0 saturated heterocycles. The predicted octanol–water partition coefficient (Wildman–Crippen LogP) is 0.436. The van der Waals surface area contributed by atoms with Gasteiger partial charge < -0.3 is 19.9 Å². The summed E-state index contributed by atoms with van der Waals surface area (Å²) in [7, 11) is -0.433. The van der Waals surface area contributed by atoms with E-state index in [0.29, 0.717) is 0 Å². The number of anilines is 1. The van der Waals surface area contributed by atoms with Gasteiger partial charge in [-0.2, -0.15) is 0 Å². The highest BCUT2D eigenvalue weighted by Crippen LogP contribution is 2.17. The van der Waals surface area contributed by atoms with Gasteiger partial charge in [-0.1, -0.05) is 0 Å². The van der Waals surface area contributed by atoms with Gasteiger partial charge in [-0.15, -0.1) is 0 Å². The Morgan fingerprint density at radius 2 is 1.76 bits per heavy atom. The van der Waals surface area contributed by atoms with Crippen LogP contribution < -0.4 is 10.4 Å². The molecule has 0 aliphatic rings. The Labute approximate surface area is 122 Å². The Balaban J connectivity index is 3.16. The van der Waals surface area contributed by atoms with Gasteiger partial charge in [0.2, 0.25) is 0 Å². The van der Waals surface area contributed by atoms with Crippen molar-refractivity contribution < 1.29 is 29.5 Å². The van der Waals surface area contributed by atoms with E-state index in [1.807, 2.05) is 0 Å². The van der Waals surface area contributed by atoms with Crippen molar-refractivity contribution in [3.63, 3.8) is 0 Å². The second kappa shape index (κ2) is 6.15. The fourth-order valence-corrected chi connectivity index (χ4v) is 1.54. The lowest BCUT2D eigenvalue weighted by Gasteiger charge is -2.25. The molecule has 1 aromatic rings. The molecule has 0 bridgehead atoms. The summed E-state index contributed by atoms with van der Waals surface area (Å²) in [4.78, 5) is 24.1. The van der Waals surface area contributed by atoms with Gasteiger partial charge >= 0.3 is 19.2 Å². The number of carboxylic acid groups (broad SMARTS) is 1. The summed E-state index contributed by atoms with van der Waals surface area (Å²) in [6, 6.07) is 3.68. The largest absolute Gasteiger partial charge is 0.488 e. The summed E-state index contributed by atoms with van der Waals surface area (Å²) >= 11 is 0. The van der Waals surface area contributed by atoms with Crippen LogP contribution in [0, 0.1) is 0 Å². The first kappa shape index (κ1) is 17.0. The minimum Gasteiger partial charge on any atom is -0.478 e. The molecule has 7 nitrogen and oxygen atoms in total.